The standard InChI is InChI=1S/C4H6Cl2O/c1-3(5)4(6)2-7/h2-4H,1H3/t3-,4+/m1/s1. The Morgan fingerprint density at radius 1 is 1.57 bits per heavy atom. The molecule has 0 spiro atoms. The largest absolute Gasteiger partial charge is 0.302 e. The van der Waals surface area contributed by atoms with Crippen LogP contribution in [0.4, 0.5) is 0 Å². The Balaban J connectivity index is 3.33. The molecule has 0 bridgehead atoms. The van der Waals surface area contributed by atoms with E-state index in [1.54, 1.807) is 6.92 Å². The summed E-state index contributed by atoms with van der Waals surface area (Å²) in [5.74, 6) is 0. The van der Waals surface area contributed by atoms with Crippen molar-refractivity contribution in [2.75, 3.05) is 0 Å². The monoisotopic (exact) mass is 140 g/mol. The molecule has 0 aromatic heterocycles. The Morgan fingerprint density at radius 3 is 2.00 bits per heavy atom. The quantitative estimate of drug-likeness (QED) is 0.419. The summed E-state index contributed by atoms with van der Waals surface area (Å²) in [6, 6.07) is 0. The van der Waals surface area contributed by atoms with Crippen LogP contribution in [0, 0.1) is 0 Å². The lowest BCUT2D eigenvalue weighted by Crippen LogP contribution is -2.11. The second-order valence-corrected chi connectivity index (χ2v) is 2.45. The van der Waals surface area contributed by atoms with E-state index in [1.807, 2.05) is 0 Å². The number of carbonyl (C=O) groups excluding carboxylic acids is 1. The zero-order chi connectivity index (χ0) is 5.86. The van der Waals surface area contributed by atoms with Crippen LogP contribution in [-0.4, -0.2) is 17.0 Å². The molecule has 42 valence electrons. The summed E-state index contributed by atoms with van der Waals surface area (Å²) in [6.45, 7) is 1.67. The van der Waals surface area contributed by atoms with Crippen molar-refractivity contribution < 1.29 is 4.79 Å². The highest BCUT2D eigenvalue weighted by Crippen LogP contribution is 2.04. The van der Waals surface area contributed by atoms with Gasteiger partial charge in [0.15, 0.2) is 0 Å². The summed E-state index contributed by atoms with van der Waals surface area (Å²) in [6.07, 6.45) is 0.624. The molecule has 0 aliphatic carbocycles. The third-order valence-electron chi connectivity index (χ3n) is 0.569. The smallest absolute Gasteiger partial charge is 0.139 e. The Hall–Kier alpha value is 0.250. The average molecular weight is 141 g/mol. The Labute approximate surface area is 52.6 Å². The van der Waals surface area contributed by atoms with Gasteiger partial charge in [-0.15, -0.1) is 23.2 Å². The predicted molar refractivity (Wildman–Crippen MR) is 31.0 cm³/mol. The number of hydrogen-bond donors (Lipinski definition) is 0. The summed E-state index contributed by atoms with van der Waals surface area (Å²) < 4.78 is 0. The second kappa shape index (κ2) is 3.28. The van der Waals surface area contributed by atoms with E-state index in [4.69, 9.17) is 23.2 Å². The van der Waals surface area contributed by atoms with E-state index in [-0.39, 0.29) is 5.38 Å². The zero-order valence-corrected chi connectivity index (χ0v) is 5.41. The van der Waals surface area contributed by atoms with Gasteiger partial charge < -0.3 is 4.79 Å². The first kappa shape index (κ1) is 7.25. The molecule has 0 radical (unpaired) electrons. The minimum atomic E-state index is -0.540. The molecule has 0 aliphatic heterocycles. The van der Waals surface area contributed by atoms with Crippen LogP contribution in [0.25, 0.3) is 0 Å². The number of alkyl halides is 2. The predicted octanol–water partition coefficient (Wildman–Crippen LogP) is 1.42. The first-order chi connectivity index (χ1) is 3.18. The van der Waals surface area contributed by atoms with Crippen LogP contribution in [0.1, 0.15) is 6.92 Å². The molecule has 0 aliphatic rings. The molecule has 0 heterocycles. The summed E-state index contributed by atoms with van der Waals surface area (Å²) in [5.41, 5.74) is 0. The van der Waals surface area contributed by atoms with Gasteiger partial charge in [0.2, 0.25) is 0 Å². The van der Waals surface area contributed by atoms with Crippen molar-refractivity contribution in [3.05, 3.63) is 0 Å². The number of aldehydes is 1. The number of halogens is 2. The van der Waals surface area contributed by atoms with Crippen LogP contribution in [0.3, 0.4) is 0 Å². The fraction of sp³-hybridized carbons (Fsp3) is 0.750. The highest BCUT2D eigenvalue weighted by molar-refractivity contribution is 6.34. The van der Waals surface area contributed by atoms with Gasteiger partial charge >= 0.3 is 0 Å². The van der Waals surface area contributed by atoms with E-state index in [0.29, 0.717) is 6.29 Å². The lowest BCUT2D eigenvalue weighted by Gasteiger charge is -1.99. The second-order valence-electron chi connectivity index (χ2n) is 1.26. The molecule has 0 aromatic carbocycles. The lowest BCUT2D eigenvalue weighted by molar-refractivity contribution is -0.107. The van der Waals surface area contributed by atoms with Crippen LogP contribution < -0.4 is 0 Å². The molecule has 0 fully saturated rings. The summed E-state index contributed by atoms with van der Waals surface area (Å²) in [7, 11) is 0. The summed E-state index contributed by atoms with van der Waals surface area (Å²) in [4.78, 5) is 9.73. The van der Waals surface area contributed by atoms with Crippen molar-refractivity contribution in [3.8, 4) is 0 Å². The van der Waals surface area contributed by atoms with Gasteiger partial charge in [-0.25, -0.2) is 0 Å². The highest BCUT2D eigenvalue weighted by Gasteiger charge is 2.07. The average Bonchev–Trinajstić information content (AvgIpc) is 1.65. The van der Waals surface area contributed by atoms with Crippen molar-refractivity contribution >= 4 is 29.5 Å². The van der Waals surface area contributed by atoms with Gasteiger partial charge in [0.05, 0.1) is 5.38 Å². The van der Waals surface area contributed by atoms with Crippen LogP contribution >= 0.6 is 23.2 Å². The minimum Gasteiger partial charge on any atom is -0.302 e. The van der Waals surface area contributed by atoms with Crippen LogP contribution in [0.15, 0.2) is 0 Å². The van der Waals surface area contributed by atoms with E-state index >= 15 is 0 Å². The first-order valence-electron chi connectivity index (χ1n) is 1.92. The fourth-order valence-corrected chi connectivity index (χ4v) is 0.168. The van der Waals surface area contributed by atoms with Crippen molar-refractivity contribution in [1.82, 2.24) is 0 Å². The van der Waals surface area contributed by atoms with Crippen LogP contribution in [0.2, 0.25) is 0 Å². The number of rotatable bonds is 2. The Morgan fingerprint density at radius 2 is 2.00 bits per heavy atom. The van der Waals surface area contributed by atoms with E-state index in [2.05, 4.69) is 0 Å². The molecule has 0 amide bonds. The highest BCUT2D eigenvalue weighted by atomic mass is 35.5. The number of hydrogen-bond acceptors (Lipinski definition) is 1. The molecule has 0 rings (SSSR count). The van der Waals surface area contributed by atoms with Gasteiger partial charge in [-0.1, -0.05) is 0 Å². The van der Waals surface area contributed by atoms with Gasteiger partial charge in [0.1, 0.15) is 11.7 Å². The van der Waals surface area contributed by atoms with Crippen molar-refractivity contribution in [1.29, 1.82) is 0 Å². The topological polar surface area (TPSA) is 17.1 Å². The maximum absolute atomic E-state index is 9.73. The molecule has 0 aromatic rings. The molecular formula is C4H6Cl2O. The van der Waals surface area contributed by atoms with Crippen molar-refractivity contribution in [3.63, 3.8) is 0 Å². The molecule has 2 atom stereocenters. The van der Waals surface area contributed by atoms with Crippen molar-refractivity contribution in [2.45, 2.75) is 17.7 Å². The Bertz CT molecular complexity index is 62.7. The normalized spacial score (nSPS) is 18.1. The molecule has 3 heteroatoms. The van der Waals surface area contributed by atoms with Crippen LogP contribution in [-0.2, 0) is 4.79 Å². The molecule has 0 saturated heterocycles. The van der Waals surface area contributed by atoms with Gasteiger partial charge in [-0.3, -0.25) is 0 Å². The minimum absolute atomic E-state index is 0.265. The maximum atomic E-state index is 9.73. The zero-order valence-electron chi connectivity index (χ0n) is 3.90. The molecule has 7 heavy (non-hydrogen) atoms. The van der Waals surface area contributed by atoms with Gasteiger partial charge in [-0.2, -0.15) is 0 Å². The van der Waals surface area contributed by atoms with Gasteiger partial charge in [-0.05, 0) is 6.92 Å². The van der Waals surface area contributed by atoms with E-state index in [0.717, 1.165) is 0 Å². The fourth-order valence-electron chi connectivity index (χ4n) is 0.108. The van der Waals surface area contributed by atoms with E-state index in [9.17, 15) is 4.79 Å². The van der Waals surface area contributed by atoms with Gasteiger partial charge in [0.25, 0.3) is 0 Å². The van der Waals surface area contributed by atoms with E-state index < -0.39 is 5.38 Å². The summed E-state index contributed by atoms with van der Waals surface area (Å²) >= 11 is 10.7. The van der Waals surface area contributed by atoms with Crippen molar-refractivity contribution in [2.24, 2.45) is 0 Å². The third kappa shape index (κ3) is 2.89. The molecule has 1 nitrogen and oxygen atoms in total. The molecular weight excluding hydrogens is 135 g/mol. The third-order valence-corrected chi connectivity index (χ3v) is 1.45. The Kier molecular flexibility index (Phi) is 3.39. The number of carbonyl (C=O) groups is 1. The SMILES string of the molecule is C[C@@H](Cl)[C@@H](Cl)C=O. The molecule has 0 N–H and O–H groups in total. The first-order valence-corrected chi connectivity index (χ1v) is 2.79. The lowest BCUT2D eigenvalue weighted by atomic mass is 10.4. The van der Waals surface area contributed by atoms with Crippen LogP contribution in [0.5, 0.6) is 0 Å². The molecule has 0 saturated carbocycles. The summed E-state index contributed by atoms with van der Waals surface area (Å²) in [5, 5.41) is -0.805. The maximum Gasteiger partial charge on any atom is 0.139 e. The van der Waals surface area contributed by atoms with E-state index in [1.165, 1.54) is 0 Å². The van der Waals surface area contributed by atoms with Gasteiger partial charge in [0, 0.05) is 0 Å². The molecule has 0 unspecified atom stereocenters.